The van der Waals surface area contributed by atoms with E-state index >= 15 is 0 Å². The fraction of sp³-hybridized carbons (Fsp3) is 0.259. The number of aryl methyl sites for hydroxylation is 1. The van der Waals surface area contributed by atoms with Crippen molar-refractivity contribution in [3.63, 3.8) is 0 Å². The van der Waals surface area contributed by atoms with E-state index in [-0.39, 0.29) is 24.1 Å². The van der Waals surface area contributed by atoms with Gasteiger partial charge in [-0.25, -0.2) is 0 Å². The first-order chi connectivity index (χ1) is 16.4. The standard InChI is InChI=1S/C27H28Cl2N2O2S/c1-19-8-6-11-21(14-19)17-34-18-26(32)31(16-22-23(28)12-7-13-24(22)29)25(27(33)30-2)15-20-9-4-3-5-10-20/h3-14,25H,15-18H2,1-2H3,(H,30,33)/t25-/m1/s1. The summed E-state index contributed by atoms with van der Waals surface area (Å²) in [6.07, 6.45) is 0.386. The van der Waals surface area contributed by atoms with Crippen molar-refractivity contribution in [2.24, 2.45) is 0 Å². The van der Waals surface area contributed by atoms with Crippen LogP contribution in [0, 0.1) is 6.92 Å². The van der Waals surface area contributed by atoms with E-state index in [9.17, 15) is 9.59 Å². The highest BCUT2D eigenvalue weighted by molar-refractivity contribution is 7.99. The quantitative estimate of drug-likeness (QED) is 0.365. The molecule has 4 nitrogen and oxygen atoms in total. The Bertz CT molecular complexity index is 1100. The van der Waals surface area contributed by atoms with Gasteiger partial charge < -0.3 is 10.2 Å². The fourth-order valence-electron chi connectivity index (χ4n) is 3.72. The number of nitrogens with one attached hydrogen (secondary N) is 1. The van der Waals surface area contributed by atoms with E-state index in [0.29, 0.717) is 27.8 Å². The zero-order valence-corrected chi connectivity index (χ0v) is 21.6. The van der Waals surface area contributed by atoms with E-state index in [4.69, 9.17) is 23.2 Å². The Morgan fingerprint density at radius 3 is 2.24 bits per heavy atom. The van der Waals surface area contributed by atoms with Crippen LogP contribution < -0.4 is 5.32 Å². The minimum atomic E-state index is -0.702. The third kappa shape index (κ3) is 7.26. The van der Waals surface area contributed by atoms with E-state index < -0.39 is 6.04 Å². The Hall–Kier alpha value is -2.47. The normalized spacial score (nSPS) is 11.6. The van der Waals surface area contributed by atoms with Crippen LogP contribution in [-0.2, 0) is 28.3 Å². The first kappa shape index (κ1) is 26.1. The van der Waals surface area contributed by atoms with Crippen molar-refractivity contribution in [1.82, 2.24) is 10.2 Å². The highest BCUT2D eigenvalue weighted by Gasteiger charge is 2.30. The Labute approximate surface area is 215 Å². The number of hydrogen-bond donors (Lipinski definition) is 1. The Morgan fingerprint density at radius 1 is 0.941 bits per heavy atom. The molecule has 0 radical (unpaired) electrons. The summed E-state index contributed by atoms with van der Waals surface area (Å²) in [5.74, 6) is 0.567. The number of thioether (sulfide) groups is 1. The highest BCUT2D eigenvalue weighted by Crippen LogP contribution is 2.28. The maximum absolute atomic E-state index is 13.5. The maximum atomic E-state index is 13.5. The van der Waals surface area contributed by atoms with Crippen LogP contribution in [0.4, 0.5) is 0 Å². The second kappa shape index (κ2) is 12.8. The number of amides is 2. The van der Waals surface area contributed by atoms with Crippen LogP contribution in [0.3, 0.4) is 0 Å². The minimum absolute atomic E-state index is 0.141. The predicted octanol–water partition coefficient (Wildman–Crippen LogP) is 5.92. The van der Waals surface area contributed by atoms with Crippen LogP contribution in [0.15, 0.2) is 72.8 Å². The summed E-state index contributed by atoms with van der Waals surface area (Å²) in [5.41, 5.74) is 3.93. The molecule has 0 spiro atoms. The molecule has 3 aromatic carbocycles. The topological polar surface area (TPSA) is 49.4 Å². The third-order valence-electron chi connectivity index (χ3n) is 5.48. The third-order valence-corrected chi connectivity index (χ3v) is 7.18. The smallest absolute Gasteiger partial charge is 0.242 e. The van der Waals surface area contributed by atoms with Gasteiger partial charge in [-0.2, -0.15) is 0 Å². The second-order valence-electron chi connectivity index (χ2n) is 8.02. The lowest BCUT2D eigenvalue weighted by Crippen LogP contribution is -2.50. The summed E-state index contributed by atoms with van der Waals surface area (Å²) in [7, 11) is 1.58. The van der Waals surface area contributed by atoms with Crippen molar-refractivity contribution < 1.29 is 9.59 Å². The van der Waals surface area contributed by atoms with Crippen LogP contribution in [-0.4, -0.2) is 35.6 Å². The Kier molecular flexibility index (Phi) is 9.87. The van der Waals surface area contributed by atoms with E-state index in [1.807, 2.05) is 49.4 Å². The van der Waals surface area contributed by atoms with Crippen LogP contribution in [0.5, 0.6) is 0 Å². The van der Waals surface area contributed by atoms with Gasteiger partial charge in [-0.3, -0.25) is 9.59 Å². The van der Waals surface area contributed by atoms with E-state index in [1.165, 1.54) is 17.3 Å². The largest absolute Gasteiger partial charge is 0.357 e. The van der Waals surface area contributed by atoms with Crippen LogP contribution in [0.25, 0.3) is 0 Å². The molecule has 0 saturated carbocycles. The van der Waals surface area contributed by atoms with Gasteiger partial charge in [-0.15, -0.1) is 11.8 Å². The summed E-state index contributed by atoms with van der Waals surface area (Å²) in [5, 5.41) is 3.65. The molecule has 1 atom stereocenters. The summed E-state index contributed by atoms with van der Waals surface area (Å²) in [6.45, 7) is 2.19. The van der Waals surface area contributed by atoms with Gasteiger partial charge in [-0.1, -0.05) is 89.4 Å². The first-order valence-corrected chi connectivity index (χ1v) is 12.9. The molecule has 34 heavy (non-hydrogen) atoms. The molecule has 0 saturated heterocycles. The molecule has 0 fully saturated rings. The Morgan fingerprint density at radius 2 is 1.59 bits per heavy atom. The van der Waals surface area contributed by atoms with Gasteiger partial charge in [-0.05, 0) is 30.2 Å². The lowest BCUT2D eigenvalue weighted by atomic mass is 10.0. The lowest BCUT2D eigenvalue weighted by molar-refractivity contribution is -0.139. The minimum Gasteiger partial charge on any atom is -0.357 e. The van der Waals surface area contributed by atoms with Gasteiger partial charge in [0.15, 0.2) is 0 Å². The summed E-state index contributed by atoms with van der Waals surface area (Å²) < 4.78 is 0. The molecule has 0 aliphatic heterocycles. The predicted molar refractivity (Wildman–Crippen MR) is 142 cm³/mol. The molecule has 0 aliphatic rings. The number of carbonyl (C=O) groups is 2. The summed E-state index contributed by atoms with van der Waals surface area (Å²) >= 11 is 14.4. The summed E-state index contributed by atoms with van der Waals surface area (Å²) in [4.78, 5) is 28.1. The number of likely N-dealkylation sites (N-methyl/N-ethyl adjacent to an activating group) is 1. The van der Waals surface area contributed by atoms with Gasteiger partial charge in [0.2, 0.25) is 11.8 Å². The molecule has 7 heteroatoms. The molecule has 0 aromatic heterocycles. The second-order valence-corrected chi connectivity index (χ2v) is 9.82. The van der Waals surface area contributed by atoms with Crippen molar-refractivity contribution in [2.75, 3.05) is 12.8 Å². The van der Waals surface area contributed by atoms with Crippen molar-refractivity contribution >= 4 is 46.8 Å². The number of carbonyl (C=O) groups excluding carboxylic acids is 2. The van der Waals surface area contributed by atoms with Gasteiger partial charge in [0.25, 0.3) is 0 Å². The highest BCUT2D eigenvalue weighted by atomic mass is 35.5. The molecule has 0 unspecified atom stereocenters. The molecule has 178 valence electrons. The number of rotatable bonds is 10. The van der Waals surface area contributed by atoms with Gasteiger partial charge in [0.05, 0.1) is 5.75 Å². The first-order valence-electron chi connectivity index (χ1n) is 11.0. The number of hydrogen-bond acceptors (Lipinski definition) is 3. The SMILES string of the molecule is CNC(=O)[C@@H](Cc1ccccc1)N(Cc1c(Cl)cccc1Cl)C(=O)CSCc1cccc(C)c1. The van der Waals surface area contributed by atoms with Gasteiger partial charge in [0, 0.05) is 41.4 Å². The van der Waals surface area contributed by atoms with Gasteiger partial charge >= 0.3 is 0 Å². The number of benzene rings is 3. The average molecular weight is 516 g/mol. The lowest BCUT2D eigenvalue weighted by Gasteiger charge is -2.31. The average Bonchev–Trinajstić information content (AvgIpc) is 2.83. The van der Waals surface area contributed by atoms with Gasteiger partial charge in [0.1, 0.15) is 6.04 Å². The number of halogens is 2. The van der Waals surface area contributed by atoms with E-state index in [1.54, 1.807) is 30.1 Å². The molecule has 0 bridgehead atoms. The molecular formula is C27H28Cl2N2O2S. The van der Waals surface area contributed by atoms with Crippen LogP contribution in [0.2, 0.25) is 10.0 Å². The van der Waals surface area contributed by atoms with Crippen molar-refractivity contribution in [3.8, 4) is 0 Å². The number of nitrogens with zero attached hydrogens (tertiary/aromatic N) is 1. The summed E-state index contributed by atoms with van der Waals surface area (Å²) in [6, 6.07) is 22.4. The Balaban J connectivity index is 1.86. The van der Waals surface area contributed by atoms with Crippen LogP contribution >= 0.6 is 35.0 Å². The molecule has 0 heterocycles. The zero-order valence-electron chi connectivity index (χ0n) is 19.3. The fourth-order valence-corrected chi connectivity index (χ4v) is 5.09. The van der Waals surface area contributed by atoms with E-state index in [2.05, 4.69) is 17.4 Å². The zero-order chi connectivity index (χ0) is 24.5. The molecule has 2 amide bonds. The monoisotopic (exact) mass is 514 g/mol. The molecule has 3 rings (SSSR count). The van der Waals surface area contributed by atoms with Crippen LogP contribution in [0.1, 0.15) is 22.3 Å². The molecule has 3 aromatic rings. The van der Waals surface area contributed by atoms with Crippen molar-refractivity contribution in [3.05, 3.63) is 105 Å². The molecular weight excluding hydrogens is 487 g/mol. The van der Waals surface area contributed by atoms with Crippen molar-refractivity contribution in [1.29, 1.82) is 0 Å². The molecule has 1 N–H and O–H groups in total. The van der Waals surface area contributed by atoms with Crippen molar-refractivity contribution in [2.45, 2.75) is 31.7 Å². The molecule has 0 aliphatic carbocycles. The maximum Gasteiger partial charge on any atom is 0.242 e. The van der Waals surface area contributed by atoms with E-state index in [0.717, 1.165) is 11.1 Å².